The lowest BCUT2D eigenvalue weighted by molar-refractivity contribution is -0.156. The Morgan fingerprint density at radius 1 is 1.24 bits per heavy atom. The van der Waals surface area contributed by atoms with Crippen LogP contribution in [0.4, 0.5) is 4.39 Å². The first-order valence-electron chi connectivity index (χ1n) is 10.5. The number of nitrogens with one attached hydrogen (secondary N) is 1. The fraction of sp³-hybridized carbons (Fsp3) is 0.591. The number of rotatable bonds is 4. The predicted octanol–water partition coefficient (Wildman–Crippen LogP) is 1.73. The van der Waals surface area contributed by atoms with E-state index in [1.807, 2.05) is 11.0 Å². The molecule has 2 bridgehead atoms. The van der Waals surface area contributed by atoms with Gasteiger partial charge < -0.3 is 15.1 Å². The molecule has 3 aliphatic rings. The van der Waals surface area contributed by atoms with E-state index < -0.39 is 0 Å². The molecule has 156 valence electrons. The van der Waals surface area contributed by atoms with E-state index in [2.05, 4.69) is 10.2 Å². The lowest BCUT2D eigenvalue weighted by atomic mass is 9.70. The molecule has 3 amide bonds. The molecular formula is C22H28FN3O3. The summed E-state index contributed by atoms with van der Waals surface area (Å²) in [4.78, 5) is 40.6. The van der Waals surface area contributed by atoms with Crippen molar-refractivity contribution >= 4 is 17.7 Å². The minimum absolute atomic E-state index is 0.0106. The molecule has 7 heteroatoms. The van der Waals surface area contributed by atoms with Gasteiger partial charge in [-0.15, -0.1) is 0 Å². The van der Waals surface area contributed by atoms with Crippen LogP contribution in [0, 0.1) is 17.7 Å². The van der Waals surface area contributed by atoms with Crippen molar-refractivity contribution in [1.29, 1.82) is 0 Å². The fourth-order valence-electron chi connectivity index (χ4n) is 5.46. The van der Waals surface area contributed by atoms with Crippen molar-refractivity contribution in [3.63, 3.8) is 0 Å². The molecule has 1 N–H and O–H groups in total. The summed E-state index contributed by atoms with van der Waals surface area (Å²) < 4.78 is 13.7. The second-order valence-corrected chi connectivity index (χ2v) is 8.63. The first kappa shape index (κ1) is 19.9. The Labute approximate surface area is 170 Å². The first-order chi connectivity index (χ1) is 13.9. The Hall–Kier alpha value is -2.44. The van der Waals surface area contributed by atoms with Gasteiger partial charge >= 0.3 is 0 Å². The number of piperidine rings is 3. The van der Waals surface area contributed by atoms with Gasteiger partial charge in [0.05, 0.1) is 6.54 Å². The van der Waals surface area contributed by atoms with Crippen LogP contribution in [0.1, 0.15) is 38.2 Å². The highest BCUT2D eigenvalue weighted by molar-refractivity contribution is 5.84. The van der Waals surface area contributed by atoms with Crippen LogP contribution in [-0.2, 0) is 20.8 Å². The normalized spacial score (nSPS) is 28.7. The van der Waals surface area contributed by atoms with E-state index >= 15 is 0 Å². The van der Waals surface area contributed by atoms with Crippen LogP contribution >= 0.6 is 0 Å². The molecule has 1 aromatic carbocycles. The van der Waals surface area contributed by atoms with Crippen LogP contribution in [0.3, 0.4) is 0 Å². The number of hydrogen-bond donors (Lipinski definition) is 1. The highest BCUT2D eigenvalue weighted by Crippen LogP contribution is 2.42. The quantitative estimate of drug-likeness (QED) is 0.836. The number of amides is 3. The van der Waals surface area contributed by atoms with Crippen LogP contribution in [0.5, 0.6) is 0 Å². The molecule has 4 rings (SSSR count). The summed E-state index contributed by atoms with van der Waals surface area (Å²) in [5.41, 5.74) is 0.882. The van der Waals surface area contributed by atoms with Crippen molar-refractivity contribution in [2.45, 2.75) is 51.1 Å². The third-order valence-electron chi connectivity index (χ3n) is 6.67. The molecule has 0 aromatic heterocycles. The summed E-state index contributed by atoms with van der Waals surface area (Å²) in [7, 11) is 0. The van der Waals surface area contributed by atoms with Crippen molar-refractivity contribution in [3.8, 4) is 0 Å². The van der Waals surface area contributed by atoms with E-state index in [4.69, 9.17) is 0 Å². The molecule has 6 nitrogen and oxygen atoms in total. The molecule has 3 fully saturated rings. The molecule has 3 heterocycles. The van der Waals surface area contributed by atoms with Gasteiger partial charge in [0.2, 0.25) is 17.7 Å². The van der Waals surface area contributed by atoms with Gasteiger partial charge in [-0.25, -0.2) is 4.39 Å². The van der Waals surface area contributed by atoms with Crippen molar-refractivity contribution in [3.05, 3.63) is 35.6 Å². The van der Waals surface area contributed by atoms with E-state index in [0.717, 1.165) is 24.8 Å². The minimum atomic E-state index is -0.270. The summed E-state index contributed by atoms with van der Waals surface area (Å²) >= 11 is 0. The molecule has 0 spiro atoms. The molecule has 0 radical (unpaired) electrons. The number of carbonyl (C=O) groups is 3. The minimum Gasteiger partial charge on any atom is -0.347 e. The molecule has 0 saturated carbocycles. The van der Waals surface area contributed by atoms with Crippen LogP contribution in [0.25, 0.3) is 0 Å². The van der Waals surface area contributed by atoms with Gasteiger partial charge in [0.25, 0.3) is 0 Å². The molecule has 4 atom stereocenters. The predicted molar refractivity (Wildman–Crippen MR) is 105 cm³/mol. The molecule has 1 aromatic rings. The number of nitrogens with zero attached hydrogens (tertiary/aromatic N) is 2. The number of hydrogen-bond acceptors (Lipinski definition) is 3. The Balaban J connectivity index is 1.57. The number of carbonyl (C=O) groups excluding carboxylic acids is 3. The van der Waals surface area contributed by atoms with Gasteiger partial charge in [0, 0.05) is 38.5 Å². The molecule has 29 heavy (non-hydrogen) atoms. The van der Waals surface area contributed by atoms with Crippen molar-refractivity contribution in [2.24, 2.45) is 11.8 Å². The Morgan fingerprint density at radius 2 is 2.03 bits per heavy atom. The van der Waals surface area contributed by atoms with Gasteiger partial charge in [0.1, 0.15) is 5.82 Å². The first-order valence-corrected chi connectivity index (χ1v) is 10.5. The van der Waals surface area contributed by atoms with Gasteiger partial charge in [-0.2, -0.15) is 0 Å². The standard InChI is InChI=1S/C22H28FN3O3/c1-14(27)24-11-22(29)25-12-16-10-17(13-25)20(9-15-4-2-5-18(23)8-15)26-19(16)6-3-7-21(26)28/h2,4-5,8,16-17,19-20H,3,6-7,9-13H2,1H3,(H,24,27)/t16-,17+,19+,20+/m1/s1. The van der Waals surface area contributed by atoms with Crippen molar-refractivity contribution in [1.82, 2.24) is 15.1 Å². The summed E-state index contributed by atoms with van der Waals surface area (Å²) in [5, 5.41) is 2.59. The third-order valence-corrected chi connectivity index (χ3v) is 6.67. The van der Waals surface area contributed by atoms with Crippen molar-refractivity contribution in [2.75, 3.05) is 19.6 Å². The molecule has 3 aliphatic heterocycles. The summed E-state index contributed by atoms with van der Waals surface area (Å²) in [6, 6.07) is 6.69. The van der Waals surface area contributed by atoms with Crippen LogP contribution in [-0.4, -0.2) is 59.2 Å². The van der Waals surface area contributed by atoms with Crippen LogP contribution < -0.4 is 5.32 Å². The van der Waals surface area contributed by atoms with Gasteiger partial charge in [-0.05, 0) is 55.2 Å². The van der Waals surface area contributed by atoms with E-state index in [1.165, 1.54) is 19.1 Å². The molecule has 3 saturated heterocycles. The second kappa shape index (κ2) is 8.13. The number of fused-ring (bicyclic) bond motifs is 4. The highest BCUT2D eigenvalue weighted by atomic mass is 19.1. The summed E-state index contributed by atoms with van der Waals surface area (Å²) in [6.45, 7) is 2.62. The second-order valence-electron chi connectivity index (χ2n) is 8.63. The average Bonchev–Trinajstić information content (AvgIpc) is 2.69. The zero-order chi connectivity index (χ0) is 20.5. The lowest BCUT2D eigenvalue weighted by Crippen LogP contribution is -2.66. The Bertz CT molecular complexity index is 814. The maximum atomic E-state index is 13.7. The smallest absolute Gasteiger partial charge is 0.241 e. The average molecular weight is 401 g/mol. The maximum absolute atomic E-state index is 13.7. The monoisotopic (exact) mass is 401 g/mol. The van der Waals surface area contributed by atoms with Gasteiger partial charge in [-0.1, -0.05) is 12.1 Å². The van der Waals surface area contributed by atoms with Gasteiger partial charge in [-0.3, -0.25) is 14.4 Å². The summed E-state index contributed by atoms with van der Waals surface area (Å²) in [5.74, 6) is 0.0575. The maximum Gasteiger partial charge on any atom is 0.241 e. The summed E-state index contributed by atoms with van der Waals surface area (Å²) in [6.07, 6.45) is 3.99. The Morgan fingerprint density at radius 3 is 2.79 bits per heavy atom. The highest BCUT2D eigenvalue weighted by Gasteiger charge is 2.49. The fourth-order valence-corrected chi connectivity index (χ4v) is 5.46. The SMILES string of the molecule is CC(=O)NCC(=O)N1C[C@H]2C[C@@H](C1)[C@H](Cc1cccc(F)c1)N1C(=O)CCC[C@@H]21. The zero-order valence-electron chi connectivity index (χ0n) is 16.8. The number of halogens is 1. The van der Waals surface area contributed by atoms with E-state index in [9.17, 15) is 18.8 Å². The number of likely N-dealkylation sites (tertiary alicyclic amines) is 1. The topological polar surface area (TPSA) is 69.7 Å². The largest absolute Gasteiger partial charge is 0.347 e. The van der Waals surface area contributed by atoms with E-state index in [1.54, 1.807) is 6.07 Å². The van der Waals surface area contributed by atoms with Crippen LogP contribution in [0.2, 0.25) is 0 Å². The Kier molecular flexibility index (Phi) is 5.56. The van der Waals surface area contributed by atoms with E-state index in [0.29, 0.717) is 25.9 Å². The van der Waals surface area contributed by atoms with Crippen LogP contribution in [0.15, 0.2) is 24.3 Å². The molecular weight excluding hydrogens is 373 g/mol. The van der Waals surface area contributed by atoms with E-state index in [-0.39, 0.29) is 54.0 Å². The third kappa shape index (κ3) is 4.14. The number of benzene rings is 1. The lowest BCUT2D eigenvalue weighted by Gasteiger charge is -2.56. The molecule has 0 unspecified atom stereocenters. The van der Waals surface area contributed by atoms with Gasteiger partial charge in [0.15, 0.2) is 0 Å². The van der Waals surface area contributed by atoms with Crippen molar-refractivity contribution < 1.29 is 18.8 Å². The zero-order valence-corrected chi connectivity index (χ0v) is 16.8. The molecule has 0 aliphatic carbocycles.